The van der Waals surface area contributed by atoms with Crippen molar-refractivity contribution in [1.29, 1.82) is 0 Å². The van der Waals surface area contributed by atoms with Crippen molar-refractivity contribution < 1.29 is 13.2 Å². The summed E-state index contributed by atoms with van der Waals surface area (Å²) in [5, 5.41) is -0.180. The lowest BCUT2D eigenvalue weighted by Gasteiger charge is -2.02. The van der Waals surface area contributed by atoms with Crippen molar-refractivity contribution in [2.45, 2.75) is 11.3 Å². The van der Waals surface area contributed by atoms with Gasteiger partial charge in [0.25, 0.3) is 6.43 Å². The third kappa shape index (κ3) is 1.62. The summed E-state index contributed by atoms with van der Waals surface area (Å²) in [6.07, 6.45) is -2.60. The molecule has 5 heteroatoms. The maximum absolute atomic E-state index is 12.8. The molecule has 0 radical (unpaired) electrons. The van der Waals surface area contributed by atoms with E-state index < -0.39 is 11.6 Å². The highest BCUT2D eigenvalue weighted by atomic mass is 32.1. The molecule has 1 aromatic carbocycles. The van der Waals surface area contributed by atoms with E-state index in [9.17, 15) is 13.2 Å². The highest BCUT2D eigenvalue weighted by Gasteiger charge is 2.14. The average Bonchev–Trinajstić information content (AvgIpc) is 2.42. The summed E-state index contributed by atoms with van der Waals surface area (Å²) in [5.74, 6) is 0. The van der Waals surface area contributed by atoms with Gasteiger partial charge in [-0.2, -0.15) is 4.39 Å². The van der Waals surface area contributed by atoms with Crippen LogP contribution in [0.5, 0.6) is 0 Å². The Balaban J connectivity index is 2.79. The number of hydrogen-bond donors (Lipinski definition) is 1. The quantitative estimate of drug-likeness (QED) is 0.700. The SMILES string of the molecule is Fc1cc2c(C(F)F)cc(S)cc2s1. The molecule has 0 bridgehead atoms. The molecule has 0 saturated carbocycles. The fourth-order valence-electron chi connectivity index (χ4n) is 1.30. The zero-order chi connectivity index (χ0) is 10.3. The first-order valence-corrected chi connectivity index (χ1v) is 5.04. The summed E-state index contributed by atoms with van der Waals surface area (Å²) >= 11 is 4.83. The van der Waals surface area contributed by atoms with Gasteiger partial charge >= 0.3 is 0 Å². The molecule has 0 aliphatic heterocycles. The number of thiol groups is 1. The van der Waals surface area contributed by atoms with E-state index >= 15 is 0 Å². The van der Waals surface area contributed by atoms with E-state index in [1.807, 2.05) is 0 Å². The van der Waals surface area contributed by atoms with Gasteiger partial charge < -0.3 is 0 Å². The maximum atomic E-state index is 12.8. The molecule has 0 amide bonds. The van der Waals surface area contributed by atoms with Gasteiger partial charge in [-0.05, 0) is 18.2 Å². The van der Waals surface area contributed by atoms with Crippen molar-refractivity contribution in [2.24, 2.45) is 0 Å². The first-order valence-electron chi connectivity index (χ1n) is 3.78. The summed E-state index contributed by atoms with van der Waals surface area (Å²) in [7, 11) is 0. The fraction of sp³-hybridized carbons (Fsp3) is 0.111. The fourth-order valence-corrected chi connectivity index (χ4v) is 2.52. The van der Waals surface area contributed by atoms with Gasteiger partial charge in [0.15, 0.2) is 5.13 Å². The molecule has 1 heterocycles. The van der Waals surface area contributed by atoms with E-state index in [4.69, 9.17) is 0 Å². The number of benzene rings is 1. The van der Waals surface area contributed by atoms with E-state index in [1.165, 1.54) is 6.07 Å². The van der Waals surface area contributed by atoms with Crippen LogP contribution in [-0.2, 0) is 0 Å². The van der Waals surface area contributed by atoms with E-state index in [-0.39, 0.29) is 10.9 Å². The molecule has 0 atom stereocenters. The first kappa shape index (κ1) is 9.86. The second-order valence-corrected chi connectivity index (χ2v) is 4.35. The number of hydrogen-bond acceptors (Lipinski definition) is 2. The predicted molar refractivity (Wildman–Crippen MR) is 54.0 cm³/mol. The average molecular weight is 234 g/mol. The molecular weight excluding hydrogens is 229 g/mol. The van der Waals surface area contributed by atoms with Gasteiger partial charge in [0.05, 0.1) is 0 Å². The van der Waals surface area contributed by atoms with Crippen LogP contribution in [-0.4, -0.2) is 0 Å². The maximum Gasteiger partial charge on any atom is 0.264 e. The summed E-state index contributed by atoms with van der Waals surface area (Å²) in [6, 6.07) is 3.98. The van der Waals surface area contributed by atoms with Crippen molar-refractivity contribution in [3.63, 3.8) is 0 Å². The highest BCUT2D eigenvalue weighted by molar-refractivity contribution is 7.80. The smallest absolute Gasteiger partial charge is 0.205 e. The van der Waals surface area contributed by atoms with Crippen LogP contribution in [0.4, 0.5) is 13.2 Å². The van der Waals surface area contributed by atoms with Crippen LogP contribution in [0.3, 0.4) is 0 Å². The Kier molecular flexibility index (Phi) is 2.45. The lowest BCUT2D eigenvalue weighted by Crippen LogP contribution is -1.84. The van der Waals surface area contributed by atoms with Gasteiger partial charge in [-0.15, -0.1) is 24.0 Å². The number of fused-ring (bicyclic) bond motifs is 1. The van der Waals surface area contributed by atoms with Crippen LogP contribution in [0.1, 0.15) is 12.0 Å². The molecular formula is C9H5F3S2. The monoisotopic (exact) mass is 234 g/mol. The van der Waals surface area contributed by atoms with E-state index in [0.717, 1.165) is 17.4 Å². The summed E-state index contributed by atoms with van der Waals surface area (Å²) in [5.41, 5.74) is -0.160. The van der Waals surface area contributed by atoms with Gasteiger partial charge in [0.2, 0.25) is 0 Å². The molecule has 0 unspecified atom stereocenters. The Bertz CT molecular complexity index is 476. The molecule has 0 nitrogen and oxygen atoms in total. The minimum atomic E-state index is -2.60. The Morgan fingerprint density at radius 3 is 2.57 bits per heavy atom. The lowest BCUT2D eigenvalue weighted by molar-refractivity contribution is 0.153. The van der Waals surface area contributed by atoms with Crippen LogP contribution in [0, 0.1) is 5.13 Å². The van der Waals surface area contributed by atoms with Gasteiger partial charge in [0, 0.05) is 20.5 Å². The topological polar surface area (TPSA) is 0 Å². The Morgan fingerprint density at radius 1 is 1.21 bits per heavy atom. The summed E-state index contributed by atoms with van der Waals surface area (Å²) in [6.45, 7) is 0. The van der Waals surface area contributed by atoms with E-state index in [0.29, 0.717) is 9.60 Å². The molecule has 14 heavy (non-hydrogen) atoms. The molecule has 2 aromatic rings. The van der Waals surface area contributed by atoms with Crippen LogP contribution < -0.4 is 0 Å². The molecule has 74 valence electrons. The first-order chi connectivity index (χ1) is 6.58. The largest absolute Gasteiger partial charge is 0.264 e. The molecule has 1 aromatic heterocycles. The molecule has 0 N–H and O–H groups in total. The molecule has 0 spiro atoms. The Labute approximate surface area is 87.8 Å². The molecule has 2 rings (SSSR count). The molecule has 0 saturated heterocycles. The molecule has 0 aliphatic rings. The van der Waals surface area contributed by atoms with Crippen LogP contribution in [0.15, 0.2) is 23.1 Å². The standard InChI is InChI=1S/C9H5F3S2/c10-8-3-5-6(9(11)12)1-4(13)2-7(5)14-8/h1-3,9,13H. The predicted octanol–water partition coefficient (Wildman–Crippen LogP) is 4.27. The Morgan fingerprint density at radius 2 is 1.93 bits per heavy atom. The van der Waals surface area contributed by atoms with Crippen molar-refractivity contribution in [3.8, 4) is 0 Å². The zero-order valence-electron chi connectivity index (χ0n) is 6.80. The number of rotatable bonds is 1. The third-order valence-corrected chi connectivity index (χ3v) is 2.99. The van der Waals surface area contributed by atoms with Crippen molar-refractivity contribution in [3.05, 3.63) is 28.9 Å². The number of thiophene rings is 1. The Hall–Kier alpha value is -0.680. The third-order valence-electron chi connectivity index (χ3n) is 1.86. The van der Waals surface area contributed by atoms with Crippen LogP contribution >= 0.6 is 24.0 Å². The molecule has 0 aliphatic carbocycles. The van der Waals surface area contributed by atoms with Crippen molar-refractivity contribution >= 4 is 34.1 Å². The zero-order valence-corrected chi connectivity index (χ0v) is 8.51. The van der Waals surface area contributed by atoms with Crippen LogP contribution in [0.25, 0.3) is 10.1 Å². The van der Waals surface area contributed by atoms with E-state index in [2.05, 4.69) is 12.6 Å². The summed E-state index contributed by atoms with van der Waals surface area (Å²) in [4.78, 5) is 0.426. The normalized spacial score (nSPS) is 11.5. The number of alkyl halides is 2. The minimum absolute atomic E-state index is 0.160. The van der Waals surface area contributed by atoms with Crippen molar-refractivity contribution in [1.82, 2.24) is 0 Å². The second-order valence-electron chi connectivity index (χ2n) is 2.80. The highest BCUT2D eigenvalue weighted by Crippen LogP contribution is 2.34. The van der Waals surface area contributed by atoms with E-state index in [1.54, 1.807) is 6.07 Å². The van der Waals surface area contributed by atoms with Gasteiger partial charge in [-0.3, -0.25) is 0 Å². The van der Waals surface area contributed by atoms with Crippen LogP contribution in [0.2, 0.25) is 0 Å². The number of halogens is 3. The van der Waals surface area contributed by atoms with Gasteiger partial charge in [-0.25, -0.2) is 8.78 Å². The van der Waals surface area contributed by atoms with Gasteiger partial charge in [-0.1, -0.05) is 0 Å². The summed E-state index contributed by atoms with van der Waals surface area (Å²) < 4.78 is 38.4. The van der Waals surface area contributed by atoms with Crippen molar-refractivity contribution in [2.75, 3.05) is 0 Å². The second kappa shape index (κ2) is 3.47. The lowest BCUT2D eigenvalue weighted by atomic mass is 10.1. The minimum Gasteiger partial charge on any atom is -0.205 e. The van der Waals surface area contributed by atoms with Gasteiger partial charge in [0.1, 0.15) is 0 Å². The molecule has 0 fully saturated rings.